The number of nitrogens with one attached hydrogen (secondary N) is 1. The maximum atomic E-state index is 11.7. The molecule has 0 radical (unpaired) electrons. The fourth-order valence-electron chi connectivity index (χ4n) is 1.94. The quantitative estimate of drug-likeness (QED) is 0.660. The molecule has 2 rings (SSSR count). The SMILES string of the molecule is O=C(N[C@@H]1CCS(=O)(=O)C1)N1CCOCC1. The number of hydrogen-bond acceptors (Lipinski definition) is 4. The first kappa shape index (κ1) is 11.7. The second-order valence-corrected chi connectivity index (χ2v) is 6.38. The third-order valence-electron chi connectivity index (χ3n) is 2.86. The van der Waals surface area contributed by atoms with Crippen LogP contribution in [-0.2, 0) is 14.6 Å². The zero-order chi connectivity index (χ0) is 11.6. The Bertz CT molecular complexity index is 362. The van der Waals surface area contributed by atoms with Crippen LogP contribution in [0.25, 0.3) is 0 Å². The maximum Gasteiger partial charge on any atom is 0.317 e. The summed E-state index contributed by atoms with van der Waals surface area (Å²) in [6.45, 7) is 2.25. The Morgan fingerprint density at radius 1 is 1.31 bits per heavy atom. The molecule has 7 heteroatoms. The van der Waals surface area contributed by atoms with Gasteiger partial charge in [0, 0.05) is 19.1 Å². The number of nitrogens with zero attached hydrogens (tertiary/aromatic N) is 1. The van der Waals surface area contributed by atoms with E-state index < -0.39 is 9.84 Å². The minimum absolute atomic E-state index is 0.0725. The van der Waals surface area contributed by atoms with E-state index in [4.69, 9.17) is 4.74 Å². The molecule has 0 spiro atoms. The fraction of sp³-hybridized carbons (Fsp3) is 0.889. The van der Waals surface area contributed by atoms with Crippen LogP contribution in [0.5, 0.6) is 0 Å². The van der Waals surface area contributed by atoms with Gasteiger partial charge in [-0.1, -0.05) is 0 Å². The van der Waals surface area contributed by atoms with Gasteiger partial charge in [0.25, 0.3) is 0 Å². The summed E-state index contributed by atoms with van der Waals surface area (Å²) < 4.78 is 27.6. The summed E-state index contributed by atoms with van der Waals surface area (Å²) in [7, 11) is -2.93. The molecule has 2 aliphatic heterocycles. The predicted octanol–water partition coefficient (Wildman–Crippen LogP) is -0.785. The zero-order valence-corrected chi connectivity index (χ0v) is 9.83. The number of amides is 2. The smallest absolute Gasteiger partial charge is 0.317 e. The van der Waals surface area contributed by atoms with Crippen molar-refractivity contribution in [2.75, 3.05) is 37.8 Å². The molecule has 16 heavy (non-hydrogen) atoms. The number of carbonyl (C=O) groups is 1. The second-order valence-electron chi connectivity index (χ2n) is 4.15. The van der Waals surface area contributed by atoms with E-state index in [0.29, 0.717) is 32.7 Å². The van der Waals surface area contributed by atoms with Gasteiger partial charge < -0.3 is 15.0 Å². The van der Waals surface area contributed by atoms with Crippen LogP contribution in [0.1, 0.15) is 6.42 Å². The van der Waals surface area contributed by atoms with Crippen molar-refractivity contribution in [2.24, 2.45) is 0 Å². The molecule has 2 aliphatic rings. The molecule has 2 saturated heterocycles. The number of urea groups is 1. The summed E-state index contributed by atoms with van der Waals surface area (Å²) in [4.78, 5) is 13.4. The van der Waals surface area contributed by atoms with Gasteiger partial charge in [-0.05, 0) is 6.42 Å². The Morgan fingerprint density at radius 3 is 2.56 bits per heavy atom. The highest BCUT2D eigenvalue weighted by atomic mass is 32.2. The first-order chi connectivity index (χ1) is 7.57. The molecule has 0 aliphatic carbocycles. The van der Waals surface area contributed by atoms with Gasteiger partial charge in [0.1, 0.15) is 0 Å². The molecule has 0 saturated carbocycles. The minimum Gasteiger partial charge on any atom is -0.378 e. The van der Waals surface area contributed by atoms with E-state index in [1.54, 1.807) is 4.90 Å². The largest absolute Gasteiger partial charge is 0.378 e. The Kier molecular flexibility index (Phi) is 3.34. The molecule has 92 valence electrons. The van der Waals surface area contributed by atoms with Crippen LogP contribution in [0.3, 0.4) is 0 Å². The van der Waals surface area contributed by atoms with Crippen molar-refractivity contribution in [3.05, 3.63) is 0 Å². The summed E-state index contributed by atoms with van der Waals surface area (Å²) in [6, 6.07) is -0.397. The standard InChI is InChI=1S/C9H16N2O4S/c12-9(11-2-4-15-5-3-11)10-8-1-6-16(13,14)7-8/h8H,1-7H2,(H,10,12)/t8-/m1/s1. The van der Waals surface area contributed by atoms with Gasteiger partial charge >= 0.3 is 6.03 Å². The van der Waals surface area contributed by atoms with E-state index in [1.165, 1.54) is 0 Å². The van der Waals surface area contributed by atoms with Crippen LogP contribution in [0.2, 0.25) is 0 Å². The summed E-state index contributed by atoms with van der Waals surface area (Å²) in [5.41, 5.74) is 0. The molecular formula is C9H16N2O4S. The maximum absolute atomic E-state index is 11.7. The van der Waals surface area contributed by atoms with Crippen LogP contribution in [-0.4, -0.2) is 63.2 Å². The lowest BCUT2D eigenvalue weighted by atomic mass is 10.3. The first-order valence-electron chi connectivity index (χ1n) is 5.40. The third-order valence-corrected chi connectivity index (χ3v) is 4.63. The molecule has 0 aromatic carbocycles. The van der Waals surface area contributed by atoms with Crippen LogP contribution in [0, 0.1) is 0 Å². The third kappa shape index (κ3) is 2.85. The normalized spacial score (nSPS) is 29.0. The van der Waals surface area contributed by atoms with Crippen LogP contribution in [0.4, 0.5) is 4.79 Å². The topological polar surface area (TPSA) is 75.7 Å². The number of carbonyl (C=O) groups excluding carboxylic acids is 1. The van der Waals surface area contributed by atoms with Crippen LogP contribution >= 0.6 is 0 Å². The van der Waals surface area contributed by atoms with E-state index >= 15 is 0 Å². The highest BCUT2D eigenvalue weighted by molar-refractivity contribution is 7.91. The number of sulfone groups is 1. The van der Waals surface area contributed by atoms with Gasteiger partial charge in [0.2, 0.25) is 0 Å². The Labute approximate surface area is 94.9 Å². The summed E-state index contributed by atoms with van der Waals surface area (Å²) >= 11 is 0. The van der Waals surface area contributed by atoms with Gasteiger partial charge in [-0.15, -0.1) is 0 Å². The molecule has 1 atom stereocenters. The molecule has 0 unspecified atom stereocenters. The summed E-state index contributed by atoms with van der Waals surface area (Å²) in [5.74, 6) is 0.254. The lowest BCUT2D eigenvalue weighted by molar-refractivity contribution is 0.0527. The number of morpholine rings is 1. The first-order valence-corrected chi connectivity index (χ1v) is 7.22. The zero-order valence-electron chi connectivity index (χ0n) is 9.02. The predicted molar refractivity (Wildman–Crippen MR) is 58.0 cm³/mol. The summed E-state index contributed by atoms with van der Waals surface area (Å²) in [6.07, 6.45) is 0.526. The van der Waals surface area contributed by atoms with Crippen molar-refractivity contribution in [3.63, 3.8) is 0 Å². The Balaban J connectivity index is 1.83. The van der Waals surface area contributed by atoms with Gasteiger partial charge in [0.05, 0.1) is 24.7 Å². The van der Waals surface area contributed by atoms with Crippen LogP contribution in [0.15, 0.2) is 0 Å². The second kappa shape index (κ2) is 4.58. The van der Waals surface area contributed by atoms with Crippen molar-refractivity contribution >= 4 is 15.9 Å². The number of rotatable bonds is 1. The van der Waals surface area contributed by atoms with Gasteiger partial charge in [0.15, 0.2) is 9.84 Å². The lowest BCUT2D eigenvalue weighted by Gasteiger charge is -2.28. The number of ether oxygens (including phenoxy) is 1. The molecule has 6 nitrogen and oxygen atoms in total. The average Bonchev–Trinajstić information content (AvgIpc) is 2.59. The van der Waals surface area contributed by atoms with Gasteiger partial charge in [-0.3, -0.25) is 0 Å². The van der Waals surface area contributed by atoms with Gasteiger partial charge in [-0.25, -0.2) is 13.2 Å². The van der Waals surface area contributed by atoms with E-state index in [1.807, 2.05) is 0 Å². The van der Waals surface area contributed by atoms with Gasteiger partial charge in [-0.2, -0.15) is 0 Å². The van der Waals surface area contributed by atoms with Crippen molar-refractivity contribution in [1.29, 1.82) is 0 Å². The lowest BCUT2D eigenvalue weighted by Crippen LogP contribution is -2.49. The monoisotopic (exact) mass is 248 g/mol. The van der Waals surface area contributed by atoms with E-state index in [2.05, 4.69) is 5.32 Å². The molecule has 0 bridgehead atoms. The van der Waals surface area contributed by atoms with Crippen molar-refractivity contribution in [2.45, 2.75) is 12.5 Å². The number of hydrogen-bond donors (Lipinski definition) is 1. The molecule has 0 aromatic rings. The highest BCUT2D eigenvalue weighted by Gasteiger charge is 2.30. The van der Waals surface area contributed by atoms with Crippen molar-refractivity contribution in [3.8, 4) is 0 Å². The Hall–Kier alpha value is -0.820. The fourth-order valence-corrected chi connectivity index (χ4v) is 3.61. The molecule has 2 heterocycles. The van der Waals surface area contributed by atoms with Crippen LogP contribution < -0.4 is 5.32 Å². The average molecular weight is 248 g/mol. The van der Waals surface area contributed by atoms with Crippen molar-refractivity contribution in [1.82, 2.24) is 10.2 Å². The van der Waals surface area contributed by atoms with Crippen molar-refractivity contribution < 1.29 is 17.9 Å². The minimum atomic E-state index is -2.93. The van der Waals surface area contributed by atoms with E-state index in [9.17, 15) is 13.2 Å². The molecule has 0 aromatic heterocycles. The van der Waals surface area contributed by atoms with E-state index in [-0.39, 0.29) is 23.6 Å². The Morgan fingerprint density at radius 2 is 2.00 bits per heavy atom. The molecule has 1 N–H and O–H groups in total. The summed E-state index contributed by atoms with van der Waals surface area (Å²) in [5, 5.41) is 2.76. The highest BCUT2D eigenvalue weighted by Crippen LogP contribution is 2.11. The molecular weight excluding hydrogens is 232 g/mol. The van der Waals surface area contributed by atoms with E-state index in [0.717, 1.165) is 0 Å². The molecule has 2 amide bonds. The molecule has 2 fully saturated rings.